The summed E-state index contributed by atoms with van der Waals surface area (Å²) in [6.45, 7) is 3.96. The lowest BCUT2D eigenvalue weighted by Gasteiger charge is -2.32. The number of anilines is 2. The van der Waals surface area contributed by atoms with E-state index in [2.05, 4.69) is 16.0 Å². The Bertz CT molecular complexity index is 1210. The number of ether oxygens (including phenoxy) is 4. The summed E-state index contributed by atoms with van der Waals surface area (Å²) in [6.07, 6.45) is 0. The summed E-state index contributed by atoms with van der Waals surface area (Å²) in [6, 6.07) is 18.8. The van der Waals surface area contributed by atoms with Gasteiger partial charge in [-0.3, -0.25) is 10.1 Å². The van der Waals surface area contributed by atoms with Crippen LogP contribution in [0.1, 0.15) is 28.4 Å². The topological polar surface area (TPSA) is 90.1 Å². The highest BCUT2D eigenvalue weighted by Crippen LogP contribution is 2.38. The average Bonchev–Trinajstić information content (AvgIpc) is 2.89. The molecule has 1 atom stereocenters. The summed E-state index contributed by atoms with van der Waals surface area (Å²) in [7, 11) is 6.13. The number of thiocarbonyl (C=S) groups is 1. The Balaban J connectivity index is 1.76. The van der Waals surface area contributed by atoms with Crippen LogP contribution in [-0.4, -0.2) is 39.5 Å². The largest absolute Gasteiger partial charge is 0.493 e. The Morgan fingerprint density at radius 1 is 0.889 bits per heavy atom. The van der Waals surface area contributed by atoms with E-state index in [1.54, 1.807) is 19.2 Å². The van der Waals surface area contributed by atoms with Crippen LogP contribution < -0.4 is 30.2 Å². The highest BCUT2D eigenvalue weighted by molar-refractivity contribution is 7.80. The predicted molar refractivity (Wildman–Crippen MR) is 145 cm³/mol. The minimum Gasteiger partial charge on any atom is -0.493 e. The molecular formula is C27H31N3O5S. The monoisotopic (exact) mass is 509 g/mol. The molecule has 0 fully saturated rings. The van der Waals surface area contributed by atoms with E-state index < -0.39 is 11.6 Å². The molecule has 0 spiro atoms. The lowest BCUT2D eigenvalue weighted by molar-refractivity contribution is 0.0278. The first-order chi connectivity index (χ1) is 17.2. The van der Waals surface area contributed by atoms with E-state index >= 15 is 0 Å². The van der Waals surface area contributed by atoms with Crippen molar-refractivity contribution >= 4 is 34.6 Å². The van der Waals surface area contributed by atoms with Crippen LogP contribution in [0.25, 0.3) is 0 Å². The van der Waals surface area contributed by atoms with Crippen molar-refractivity contribution in [2.75, 3.05) is 39.1 Å². The number of nitrogens with one attached hydrogen (secondary N) is 3. The maximum Gasteiger partial charge on any atom is 0.257 e. The molecule has 0 saturated carbocycles. The molecule has 0 heterocycles. The van der Waals surface area contributed by atoms with Gasteiger partial charge in [-0.05, 0) is 55.9 Å². The van der Waals surface area contributed by atoms with E-state index in [9.17, 15) is 4.79 Å². The zero-order valence-electron chi connectivity index (χ0n) is 21.2. The van der Waals surface area contributed by atoms with Gasteiger partial charge >= 0.3 is 0 Å². The summed E-state index contributed by atoms with van der Waals surface area (Å²) in [4.78, 5) is 12.9. The number of rotatable bonds is 9. The second-order valence-corrected chi connectivity index (χ2v) is 8.49. The third-order valence-electron chi connectivity index (χ3n) is 5.76. The number of amides is 1. The average molecular weight is 510 g/mol. The molecule has 0 saturated heterocycles. The fourth-order valence-electron chi connectivity index (χ4n) is 3.64. The van der Waals surface area contributed by atoms with E-state index in [1.807, 2.05) is 62.4 Å². The van der Waals surface area contributed by atoms with E-state index in [4.69, 9.17) is 31.2 Å². The van der Waals surface area contributed by atoms with Crippen LogP contribution in [0.3, 0.4) is 0 Å². The molecule has 36 heavy (non-hydrogen) atoms. The van der Waals surface area contributed by atoms with Gasteiger partial charge < -0.3 is 29.6 Å². The molecule has 1 amide bonds. The van der Waals surface area contributed by atoms with Crippen LogP contribution in [0.2, 0.25) is 0 Å². The SMILES string of the molecule is COc1cc(C(=O)NC(=S)Nc2ccc(C)c(NC(C)(OC)c3ccccc3)c2)cc(OC)c1OC. The molecule has 3 rings (SSSR count). The first-order valence-corrected chi connectivity index (χ1v) is 11.6. The van der Waals surface area contributed by atoms with Crippen LogP contribution in [0, 0.1) is 6.92 Å². The number of carbonyl (C=O) groups is 1. The Labute approximate surface area is 216 Å². The minimum absolute atomic E-state index is 0.140. The standard InChI is InChI=1S/C27H31N3O5S/c1-17-12-13-20(16-21(17)30-27(2,35-6)19-10-8-7-9-11-19)28-26(36)29-25(31)18-14-22(32-3)24(34-5)23(15-18)33-4/h7-16,30H,1-6H3,(H2,28,29,31,36). The van der Waals surface area contributed by atoms with Crippen LogP contribution >= 0.6 is 12.2 Å². The molecule has 0 radical (unpaired) electrons. The van der Waals surface area contributed by atoms with E-state index in [0.717, 1.165) is 16.8 Å². The first kappa shape index (κ1) is 26.8. The van der Waals surface area contributed by atoms with Crippen LogP contribution in [-0.2, 0) is 10.5 Å². The maximum atomic E-state index is 12.9. The molecule has 3 aromatic carbocycles. The molecule has 0 bridgehead atoms. The van der Waals surface area contributed by atoms with Crippen molar-refractivity contribution in [1.29, 1.82) is 0 Å². The molecule has 1 unspecified atom stereocenters. The number of aryl methyl sites for hydroxylation is 1. The van der Waals surface area contributed by atoms with Gasteiger partial charge in [0.2, 0.25) is 5.75 Å². The second kappa shape index (κ2) is 11.7. The lowest BCUT2D eigenvalue weighted by atomic mass is 10.0. The normalized spacial score (nSPS) is 12.2. The van der Waals surface area contributed by atoms with Gasteiger partial charge in [0.1, 0.15) is 0 Å². The summed E-state index contributed by atoms with van der Waals surface area (Å²) >= 11 is 5.39. The first-order valence-electron chi connectivity index (χ1n) is 11.2. The van der Waals surface area contributed by atoms with Crippen molar-refractivity contribution in [3.05, 3.63) is 77.4 Å². The quantitative estimate of drug-likeness (QED) is 0.272. The number of hydrogen-bond donors (Lipinski definition) is 3. The zero-order valence-corrected chi connectivity index (χ0v) is 22.0. The summed E-state index contributed by atoms with van der Waals surface area (Å²) in [5, 5.41) is 9.37. The molecule has 0 aliphatic carbocycles. The molecule has 9 heteroatoms. The summed E-state index contributed by atoms with van der Waals surface area (Å²) in [5.74, 6) is 0.716. The number of methoxy groups -OCH3 is 4. The van der Waals surface area contributed by atoms with Gasteiger partial charge in [0, 0.05) is 29.6 Å². The van der Waals surface area contributed by atoms with E-state index in [0.29, 0.717) is 28.5 Å². The Morgan fingerprint density at radius 3 is 2.08 bits per heavy atom. The van der Waals surface area contributed by atoms with Gasteiger partial charge in [0.15, 0.2) is 22.3 Å². The molecule has 3 aromatic rings. The number of hydrogen-bond acceptors (Lipinski definition) is 7. The third kappa shape index (κ3) is 6.05. The molecular weight excluding hydrogens is 478 g/mol. The molecule has 0 aliphatic rings. The number of benzene rings is 3. The zero-order chi connectivity index (χ0) is 26.3. The molecule has 3 N–H and O–H groups in total. The molecule has 190 valence electrons. The summed E-state index contributed by atoms with van der Waals surface area (Å²) in [5.41, 5.74) is 3.12. The van der Waals surface area contributed by atoms with Crippen molar-refractivity contribution in [1.82, 2.24) is 5.32 Å². The highest BCUT2D eigenvalue weighted by atomic mass is 32.1. The number of carbonyl (C=O) groups excluding carboxylic acids is 1. The third-order valence-corrected chi connectivity index (χ3v) is 5.96. The lowest BCUT2D eigenvalue weighted by Crippen LogP contribution is -2.35. The molecule has 8 nitrogen and oxygen atoms in total. The Kier molecular flexibility index (Phi) is 8.73. The van der Waals surface area contributed by atoms with E-state index in [1.165, 1.54) is 21.3 Å². The van der Waals surface area contributed by atoms with Crippen molar-refractivity contribution in [3.8, 4) is 17.2 Å². The van der Waals surface area contributed by atoms with Crippen molar-refractivity contribution in [2.24, 2.45) is 0 Å². The fourth-order valence-corrected chi connectivity index (χ4v) is 3.85. The molecule has 0 aromatic heterocycles. The van der Waals surface area contributed by atoms with E-state index in [-0.39, 0.29) is 5.11 Å². The minimum atomic E-state index is -0.744. The second-order valence-electron chi connectivity index (χ2n) is 8.08. The Hall–Kier alpha value is -3.82. The summed E-state index contributed by atoms with van der Waals surface area (Å²) < 4.78 is 21.8. The van der Waals surface area contributed by atoms with Crippen LogP contribution in [0.5, 0.6) is 17.2 Å². The van der Waals surface area contributed by atoms with Crippen LogP contribution in [0.15, 0.2) is 60.7 Å². The van der Waals surface area contributed by atoms with Gasteiger partial charge in [-0.25, -0.2) is 0 Å². The smallest absolute Gasteiger partial charge is 0.257 e. The van der Waals surface area contributed by atoms with Gasteiger partial charge in [0.05, 0.1) is 21.3 Å². The predicted octanol–water partition coefficient (Wildman–Crippen LogP) is 5.08. The maximum absolute atomic E-state index is 12.9. The van der Waals surface area contributed by atoms with Gasteiger partial charge in [-0.1, -0.05) is 36.4 Å². The highest BCUT2D eigenvalue weighted by Gasteiger charge is 2.26. The van der Waals surface area contributed by atoms with Crippen molar-refractivity contribution in [3.63, 3.8) is 0 Å². The van der Waals surface area contributed by atoms with Crippen molar-refractivity contribution in [2.45, 2.75) is 19.6 Å². The molecule has 0 aliphatic heterocycles. The Morgan fingerprint density at radius 2 is 1.53 bits per heavy atom. The van der Waals surface area contributed by atoms with Crippen LogP contribution in [0.4, 0.5) is 11.4 Å². The van der Waals surface area contributed by atoms with Gasteiger partial charge in [0.25, 0.3) is 5.91 Å². The van der Waals surface area contributed by atoms with Crippen molar-refractivity contribution < 1.29 is 23.7 Å². The van der Waals surface area contributed by atoms with Gasteiger partial charge in [-0.2, -0.15) is 0 Å². The van der Waals surface area contributed by atoms with Gasteiger partial charge in [-0.15, -0.1) is 0 Å². The fraction of sp³-hybridized carbons (Fsp3) is 0.259.